The highest BCUT2D eigenvalue weighted by molar-refractivity contribution is 6.01. The number of ketones is 2. The van der Waals surface area contributed by atoms with Gasteiger partial charge in [0.15, 0.2) is 46.8 Å². The lowest BCUT2D eigenvalue weighted by Gasteiger charge is -2.37. The molecule has 4 aliphatic rings. The van der Waals surface area contributed by atoms with E-state index in [2.05, 4.69) is 6.58 Å². The number of ether oxygens (including phenoxy) is 4. The average molecular weight is 911 g/mol. The van der Waals surface area contributed by atoms with Gasteiger partial charge in [0, 0.05) is 0 Å². The van der Waals surface area contributed by atoms with Gasteiger partial charge in [0.05, 0.1) is 13.2 Å². The molecule has 0 aromatic heterocycles. The fourth-order valence-corrected chi connectivity index (χ4v) is 7.97. The van der Waals surface area contributed by atoms with Gasteiger partial charge in [-0.05, 0) is 87.5 Å². The molecule has 0 saturated heterocycles. The number of esters is 1. The lowest BCUT2D eigenvalue weighted by Crippen LogP contribution is -2.41. The van der Waals surface area contributed by atoms with Gasteiger partial charge >= 0.3 is 5.97 Å². The Morgan fingerprint density at radius 2 is 0.985 bits per heavy atom. The molecule has 2 aliphatic heterocycles. The van der Waals surface area contributed by atoms with Crippen molar-refractivity contribution in [2.24, 2.45) is 10.8 Å². The van der Waals surface area contributed by atoms with Crippen LogP contribution in [0.3, 0.4) is 0 Å². The van der Waals surface area contributed by atoms with Gasteiger partial charge in [0.25, 0.3) is 0 Å². The molecule has 4 rings (SSSR count). The lowest BCUT2D eigenvalue weighted by atomic mass is 9.71. The van der Waals surface area contributed by atoms with Crippen molar-refractivity contribution in [2.75, 3.05) is 13.2 Å². The van der Waals surface area contributed by atoms with E-state index in [4.69, 9.17) is 18.9 Å². The Morgan fingerprint density at radius 3 is 1.35 bits per heavy atom. The summed E-state index contributed by atoms with van der Waals surface area (Å²) in [5.41, 5.74) is 6.14. The minimum Gasteiger partial charge on any atom is -0.505 e. The Kier molecular flexibility index (Phi) is 17.9. The Bertz CT molecular complexity index is 2180. The molecule has 356 valence electrons. The number of Topliss-reactive ketones (excluding diaryl/α,β-unsaturated/α-hetero) is 2. The van der Waals surface area contributed by atoms with Crippen molar-refractivity contribution >= 4 is 17.5 Å². The summed E-state index contributed by atoms with van der Waals surface area (Å²) in [5, 5.41) is 60.1. The summed E-state index contributed by atoms with van der Waals surface area (Å²) >= 11 is 0. The third-order valence-electron chi connectivity index (χ3n) is 11.9. The monoisotopic (exact) mass is 910 g/mol. The molecule has 6 N–H and O–H groups in total. The minimum atomic E-state index is -1.47. The second-order valence-electron chi connectivity index (χ2n) is 18.4. The first kappa shape index (κ1) is 52.6. The molecular formula is C53H66O13. The number of allylic oxidation sites excluding steroid dienone is 20. The SMILES string of the molecule is C=C1OC(C(O)COC2CC(C)(C)C(/C=C/C(C)=C/C=C/C(C)=C/C=C/C=C(C)/C=C/C=C(C)/C=C/C3=C(C)C(=O)C(OCC(O)C4OC(=O)C(O)=C4O)CC3(C)C)=C(C)C2=O)C(O)=C1O. The molecule has 66 heavy (non-hydrogen) atoms. The van der Waals surface area contributed by atoms with E-state index in [1.165, 1.54) is 0 Å². The first-order valence-corrected chi connectivity index (χ1v) is 21.9. The van der Waals surface area contributed by atoms with Crippen molar-refractivity contribution in [3.8, 4) is 0 Å². The number of carbonyl (C=O) groups is 3. The summed E-state index contributed by atoms with van der Waals surface area (Å²) in [6.45, 7) is 22.4. The van der Waals surface area contributed by atoms with Crippen LogP contribution in [-0.4, -0.2) is 98.0 Å². The minimum absolute atomic E-state index is 0.138. The molecular weight excluding hydrogens is 845 g/mol. The van der Waals surface area contributed by atoms with Crippen molar-refractivity contribution in [3.63, 3.8) is 0 Å². The van der Waals surface area contributed by atoms with Crippen molar-refractivity contribution in [1.82, 2.24) is 0 Å². The molecule has 6 unspecified atom stereocenters. The number of hydrogen-bond donors (Lipinski definition) is 6. The van der Waals surface area contributed by atoms with Crippen molar-refractivity contribution in [3.05, 3.63) is 165 Å². The molecule has 13 heteroatoms. The summed E-state index contributed by atoms with van der Waals surface area (Å²) in [6, 6.07) is 0. The van der Waals surface area contributed by atoms with E-state index < -0.39 is 76.5 Å². The second kappa shape index (κ2) is 22.5. The summed E-state index contributed by atoms with van der Waals surface area (Å²) in [5.74, 6) is -4.42. The van der Waals surface area contributed by atoms with Gasteiger partial charge in [-0.15, -0.1) is 0 Å². The van der Waals surface area contributed by atoms with Crippen LogP contribution in [0, 0.1) is 10.8 Å². The van der Waals surface area contributed by atoms with Crippen LogP contribution in [0.25, 0.3) is 0 Å². The zero-order chi connectivity index (χ0) is 49.3. The van der Waals surface area contributed by atoms with Gasteiger partial charge < -0.3 is 49.6 Å². The highest BCUT2D eigenvalue weighted by atomic mass is 16.6. The number of carbonyl (C=O) groups excluding carboxylic acids is 3. The molecule has 2 aliphatic carbocycles. The van der Waals surface area contributed by atoms with Gasteiger partial charge in [0.1, 0.15) is 24.4 Å². The number of aliphatic hydroxyl groups excluding tert-OH is 6. The quantitative estimate of drug-likeness (QED) is 0.0561. The van der Waals surface area contributed by atoms with Crippen molar-refractivity contribution in [2.45, 2.75) is 119 Å². The molecule has 0 saturated carbocycles. The Morgan fingerprint density at radius 1 is 0.621 bits per heavy atom. The lowest BCUT2D eigenvalue weighted by molar-refractivity contribution is -0.151. The molecule has 0 amide bonds. The molecule has 2 heterocycles. The molecule has 0 fully saturated rings. The van der Waals surface area contributed by atoms with E-state index in [0.29, 0.717) is 24.0 Å². The third kappa shape index (κ3) is 13.3. The maximum Gasteiger partial charge on any atom is 0.377 e. The average Bonchev–Trinajstić information content (AvgIpc) is 3.66. The van der Waals surface area contributed by atoms with Crippen LogP contribution in [0.2, 0.25) is 0 Å². The topological polar surface area (TPSA) is 210 Å². The number of hydrogen-bond acceptors (Lipinski definition) is 13. The van der Waals surface area contributed by atoms with Crippen LogP contribution in [0.1, 0.15) is 82.1 Å². The number of cyclic esters (lactones) is 1. The first-order chi connectivity index (χ1) is 30.9. The fourth-order valence-electron chi connectivity index (χ4n) is 7.97. The highest BCUT2D eigenvalue weighted by Crippen LogP contribution is 2.42. The predicted molar refractivity (Wildman–Crippen MR) is 253 cm³/mol. The number of aliphatic hydroxyl groups is 6. The van der Waals surface area contributed by atoms with E-state index >= 15 is 0 Å². The second-order valence-corrected chi connectivity index (χ2v) is 18.4. The van der Waals surface area contributed by atoms with Gasteiger partial charge in [-0.3, -0.25) is 9.59 Å². The van der Waals surface area contributed by atoms with Crippen LogP contribution in [0.4, 0.5) is 0 Å². The van der Waals surface area contributed by atoms with Gasteiger partial charge in [-0.25, -0.2) is 4.79 Å². The van der Waals surface area contributed by atoms with Crippen LogP contribution in [0.5, 0.6) is 0 Å². The summed E-state index contributed by atoms with van der Waals surface area (Å²) < 4.78 is 21.6. The normalized spacial score (nSPS) is 25.9. The maximum absolute atomic E-state index is 13.3. The highest BCUT2D eigenvalue weighted by Gasteiger charge is 2.43. The molecule has 0 bridgehead atoms. The smallest absolute Gasteiger partial charge is 0.377 e. The molecule has 6 atom stereocenters. The molecule has 13 nitrogen and oxygen atoms in total. The van der Waals surface area contributed by atoms with Gasteiger partial charge in [0.2, 0.25) is 5.76 Å². The van der Waals surface area contributed by atoms with E-state index in [-0.39, 0.29) is 30.5 Å². The molecule has 0 aromatic carbocycles. The summed E-state index contributed by atoms with van der Waals surface area (Å²) in [4.78, 5) is 38.0. The van der Waals surface area contributed by atoms with E-state index in [1.54, 1.807) is 13.8 Å². The fraction of sp³-hybridized carbons (Fsp3) is 0.415. The largest absolute Gasteiger partial charge is 0.505 e. The zero-order valence-corrected chi connectivity index (χ0v) is 39.6. The van der Waals surface area contributed by atoms with Crippen molar-refractivity contribution < 1.29 is 64.0 Å². The van der Waals surface area contributed by atoms with Crippen molar-refractivity contribution in [1.29, 1.82) is 0 Å². The van der Waals surface area contributed by atoms with Crippen LogP contribution in [-0.2, 0) is 33.3 Å². The van der Waals surface area contributed by atoms with Gasteiger partial charge in [-0.2, -0.15) is 0 Å². The molecule has 0 aromatic rings. The van der Waals surface area contributed by atoms with Crippen LogP contribution >= 0.6 is 0 Å². The predicted octanol–water partition coefficient (Wildman–Crippen LogP) is 9.17. The van der Waals surface area contributed by atoms with Crippen LogP contribution < -0.4 is 0 Å². The Balaban J connectivity index is 1.26. The van der Waals surface area contributed by atoms with E-state index in [0.717, 1.165) is 33.4 Å². The van der Waals surface area contributed by atoms with Gasteiger partial charge in [-0.1, -0.05) is 142 Å². The standard InChI is InChI=1S/C53H66O13/c1-30(18-14-20-32(3)22-24-37-34(5)43(56)41(26-52(37,8)9)63-28-39(54)49-46(59)45(58)36(7)65-49)16-12-13-17-31(2)19-15-21-33(4)23-25-38-35(6)44(57)42(27-53(38,10)11)64-29-40(55)50-47(60)48(61)51(62)66-50/h12-25,39-42,49-50,54-55,58-61H,7,26-29H2,1-6,8-11H3/b13-12+,18-14+,19-15+,24-22+,25-23+,30-16+,31-17+,32-20+,33-21+. The third-order valence-corrected chi connectivity index (χ3v) is 11.9. The Hall–Kier alpha value is -5.99. The molecule has 0 radical (unpaired) electrons. The van der Waals surface area contributed by atoms with E-state index in [9.17, 15) is 45.0 Å². The Labute approximate surface area is 388 Å². The zero-order valence-electron chi connectivity index (χ0n) is 39.6. The number of rotatable bonds is 18. The summed E-state index contributed by atoms with van der Waals surface area (Å²) in [7, 11) is 0. The maximum atomic E-state index is 13.3. The molecule has 0 spiro atoms. The first-order valence-electron chi connectivity index (χ1n) is 21.9. The van der Waals surface area contributed by atoms with E-state index in [1.807, 2.05) is 140 Å². The van der Waals surface area contributed by atoms with Crippen LogP contribution in [0.15, 0.2) is 165 Å². The summed E-state index contributed by atoms with van der Waals surface area (Å²) in [6.07, 6.45) is 21.4.